The molecule has 146 valence electrons. The van der Waals surface area contributed by atoms with E-state index in [1.54, 1.807) is 11.9 Å². The molecule has 0 bridgehead atoms. The van der Waals surface area contributed by atoms with Crippen LogP contribution in [0.25, 0.3) is 0 Å². The Hall–Kier alpha value is -2.42. The molecule has 0 atom stereocenters. The van der Waals surface area contributed by atoms with Crippen molar-refractivity contribution in [1.82, 2.24) is 4.98 Å². The minimum absolute atomic E-state index is 0.0944. The lowest BCUT2D eigenvalue weighted by Gasteiger charge is -2.23. The molecule has 0 radical (unpaired) electrons. The van der Waals surface area contributed by atoms with Crippen LogP contribution in [0.3, 0.4) is 0 Å². The highest BCUT2D eigenvalue weighted by Gasteiger charge is 2.32. The Bertz CT molecular complexity index is 833. The number of halogens is 3. The van der Waals surface area contributed by atoms with Gasteiger partial charge in [-0.1, -0.05) is 13.3 Å². The second-order valence-corrected chi connectivity index (χ2v) is 6.91. The van der Waals surface area contributed by atoms with Gasteiger partial charge in [0.25, 0.3) is 5.91 Å². The Labute approximate surface area is 159 Å². The molecule has 2 rings (SSSR count). The van der Waals surface area contributed by atoms with E-state index in [0.29, 0.717) is 12.2 Å². The van der Waals surface area contributed by atoms with E-state index in [1.165, 1.54) is 18.4 Å². The van der Waals surface area contributed by atoms with E-state index in [-0.39, 0.29) is 22.2 Å². The number of carbonyl (C=O) groups excluding carboxylic acids is 2. The number of nitrogens with one attached hydrogen (secondary N) is 1. The van der Waals surface area contributed by atoms with Crippen LogP contribution in [0.15, 0.2) is 23.6 Å². The van der Waals surface area contributed by atoms with E-state index < -0.39 is 17.6 Å². The topological polar surface area (TPSA) is 62.3 Å². The third-order valence-electron chi connectivity index (χ3n) is 3.91. The molecule has 0 aliphatic carbocycles. The number of hydrogen-bond acceptors (Lipinski definition) is 5. The number of nitrogens with zero attached hydrogens (tertiary/aromatic N) is 2. The zero-order valence-corrected chi connectivity index (χ0v) is 16.0. The minimum Gasteiger partial charge on any atom is -0.374 e. The van der Waals surface area contributed by atoms with Crippen LogP contribution in [0.2, 0.25) is 0 Å². The predicted molar refractivity (Wildman–Crippen MR) is 99.7 cm³/mol. The molecule has 1 aromatic carbocycles. The first-order valence-corrected chi connectivity index (χ1v) is 9.21. The summed E-state index contributed by atoms with van der Waals surface area (Å²) in [7, 11) is 1.73. The quantitative estimate of drug-likeness (QED) is 0.676. The third-order valence-corrected chi connectivity index (χ3v) is 4.67. The Morgan fingerprint density at radius 2 is 2.00 bits per heavy atom. The van der Waals surface area contributed by atoms with Crippen molar-refractivity contribution in [2.24, 2.45) is 0 Å². The number of carbonyl (C=O) groups is 2. The number of thiazole rings is 1. The fraction of sp³-hybridized carbons (Fsp3) is 0.389. The van der Waals surface area contributed by atoms with Crippen molar-refractivity contribution in [3.8, 4) is 0 Å². The van der Waals surface area contributed by atoms with Gasteiger partial charge in [-0.05, 0) is 24.6 Å². The van der Waals surface area contributed by atoms with E-state index in [4.69, 9.17) is 0 Å². The van der Waals surface area contributed by atoms with Gasteiger partial charge in [-0.3, -0.25) is 14.9 Å². The zero-order valence-electron chi connectivity index (χ0n) is 15.2. The van der Waals surface area contributed by atoms with Crippen molar-refractivity contribution < 1.29 is 22.8 Å². The average molecular weight is 399 g/mol. The average Bonchev–Trinajstić information content (AvgIpc) is 3.07. The molecule has 0 aliphatic rings. The molecule has 0 unspecified atom stereocenters. The van der Waals surface area contributed by atoms with Crippen LogP contribution in [-0.4, -0.2) is 30.3 Å². The van der Waals surface area contributed by atoms with Crippen molar-refractivity contribution in [3.05, 3.63) is 40.4 Å². The van der Waals surface area contributed by atoms with Crippen molar-refractivity contribution in [1.29, 1.82) is 0 Å². The smallest absolute Gasteiger partial charge is 0.374 e. The fourth-order valence-corrected chi connectivity index (χ4v) is 3.14. The van der Waals surface area contributed by atoms with E-state index >= 15 is 0 Å². The number of alkyl halides is 3. The molecule has 1 aromatic heterocycles. The molecule has 1 heterocycles. The van der Waals surface area contributed by atoms with Gasteiger partial charge in [0.15, 0.2) is 10.9 Å². The van der Waals surface area contributed by atoms with Crippen LogP contribution in [0.1, 0.15) is 53.1 Å². The maximum Gasteiger partial charge on any atom is 0.416 e. The summed E-state index contributed by atoms with van der Waals surface area (Å²) < 4.78 is 39.3. The lowest BCUT2D eigenvalue weighted by Crippen LogP contribution is -2.24. The normalized spacial score (nSPS) is 11.3. The summed E-state index contributed by atoms with van der Waals surface area (Å²) in [6, 6.07) is 3.11. The first-order chi connectivity index (χ1) is 12.6. The lowest BCUT2D eigenvalue weighted by molar-refractivity contribution is -0.137. The van der Waals surface area contributed by atoms with Gasteiger partial charge in [-0.15, -0.1) is 11.3 Å². The standard InChI is InChI=1S/C18H20F3N3O2S/c1-4-5-8-24(3)15-7-6-12(18(19,20)21)9-13(15)16(26)23-17-22-14(10-27-17)11(2)25/h6-7,9-10H,4-5,8H2,1-3H3,(H,22,23,26). The first-order valence-electron chi connectivity index (χ1n) is 8.33. The maximum absolute atomic E-state index is 13.1. The van der Waals surface area contributed by atoms with E-state index in [0.717, 1.165) is 36.3 Å². The number of ketones is 1. The second kappa shape index (κ2) is 8.51. The summed E-state index contributed by atoms with van der Waals surface area (Å²) in [5, 5.41) is 4.13. The summed E-state index contributed by atoms with van der Waals surface area (Å²) in [4.78, 5) is 29.7. The highest BCUT2D eigenvalue weighted by Crippen LogP contribution is 2.33. The number of unbranched alkanes of at least 4 members (excludes halogenated alkanes) is 1. The molecule has 0 fully saturated rings. The van der Waals surface area contributed by atoms with Crippen molar-refractivity contribution in [3.63, 3.8) is 0 Å². The molecule has 1 N–H and O–H groups in total. The zero-order chi connectivity index (χ0) is 20.2. The summed E-state index contributed by atoms with van der Waals surface area (Å²) in [5.41, 5.74) is -0.399. The fourth-order valence-electron chi connectivity index (χ4n) is 2.40. The maximum atomic E-state index is 13.1. The van der Waals surface area contributed by atoms with Gasteiger partial charge in [0.2, 0.25) is 0 Å². The van der Waals surface area contributed by atoms with E-state index in [1.807, 2.05) is 6.92 Å². The molecule has 0 spiro atoms. The molecule has 9 heteroatoms. The van der Waals surface area contributed by atoms with Crippen molar-refractivity contribution in [2.45, 2.75) is 32.9 Å². The van der Waals surface area contributed by atoms with Gasteiger partial charge in [-0.2, -0.15) is 13.2 Å². The van der Waals surface area contributed by atoms with Gasteiger partial charge in [0.05, 0.1) is 11.1 Å². The molecule has 27 heavy (non-hydrogen) atoms. The van der Waals surface area contributed by atoms with Crippen LogP contribution in [0.4, 0.5) is 24.0 Å². The number of hydrogen-bond donors (Lipinski definition) is 1. The van der Waals surface area contributed by atoms with Crippen LogP contribution >= 0.6 is 11.3 Å². The van der Waals surface area contributed by atoms with Gasteiger partial charge in [0.1, 0.15) is 5.69 Å². The van der Waals surface area contributed by atoms with E-state index in [9.17, 15) is 22.8 Å². The number of amides is 1. The largest absolute Gasteiger partial charge is 0.416 e. The van der Waals surface area contributed by atoms with Gasteiger partial charge in [0, 0.05) is 31.6 Å². The summed E-state index contributed by atoms with van der Waals surface area (Å²) >= 11 is 1.04. The molecular weight excluding hydrogens is 379 g/mol. The number of anilines is 2. The summed E-state index contributed by atoms with van der Waals surface area (Å²) in [6.07, 6.45) is -2.80. The van der Waals surface area contributed by atoms with Crippen molar-refractivity contribution in [2.75, 3.05) is 23.8 Å². The number of rotatable bonds is 7. The van der Waals surface area contributed by atoms with Crippen LogP contribution < -0.4 is 10.2 Å². The van der Waals surface area contributed by atoms with Crippen molar-refractivity contribution >= 4 is 33.8 Å². The molecule has 1 amide bonds. The highest BCUT2D eigenvalue weighted by molar-refractivity contribution is 7.14. The molecule has 0 saturated carbocycles. The Morgan fingerprint density at radius 1 is 1.30 bits per heavy atom. The Morgan fingerprint density at radius 3 is 2.56 bits per heavy atom. The van der Waals surface area contributed by atoms with E-state index in [2.05, 4.69) is 10.3 Å². The highest BCUT2D eigenvalue weighted by atomic mass is 32.1. The molecule has 5 nitrogen and oxygen atoms in total. The minimum atomic E-state index is -4.56. The summed E-state index contributed by atoms with van der Waals surface area (Å²) in [5.74, 6) is -0.963. The Kier molecular flexibility index (Phi) is 6.59. The molecule has 2 aromatic rings. The molecular formula is C18H20F3N3O2S. The van der Waals surface area contributed by atoms with Gasteiger partial charge < -0.3 is 4.90 Å². The number of benzene rings is 1. The summed E-state index contributed by atoms with van der Waals surface area (Å²) in [6.45, 7) is 3.95. The number of Topliss-reactive ketones (excluding diaryl/α,β-unsaturated/α-hetero) is 1. The monoisotopic (exact) mass is 399 g/mol. The van der Waals surface area contributed by atoms with Crippen LogP contribution in [0.5, 0.6) is 0 Å². The SMILES string of the molecule is CCCCN(C)c1ccc(C(F)(F)F)cc1C(=O)Nc1nc(C(C)=O)cs1. The predicted octanol–water partition coefficient (Wildman–Crippen LogP) is 4.85. The van der Waals surface area contributed by atoms with Crippen LogP contribution in [0, 0.1) is 0 Å². The number of aromatic nitrogens is 1. The molecule has 0 aliphatic heterocycles. The molecule has 0 saturated heterocycles. The third kappa shape index (κ3) is 5.29. The first kappa shape index (κ1) is 20.9. The van der Waals surface area contributed by atoms with Gasteiger partial charge in [-0.25, -0.2) is 4.98 Å². The van der Waals surface area contributed by atoms with Gasteiger partial charge >= 0.3 is 6.18 Å². The second-order valence-electron chi connectivity index (χ2n) is 6.05. The van der Waals surface area contributed by atoms with Crippen LogP contribution in [-0.2, 0) is 6.18 Å². The lowest BCUT2D eigenvalue weighted by atomic mass is 10.1. The Balaban J connectivity index is 2.36.